The number of nitrogens with zero attached hydrogens (tertiary/aromatic N) is 2. The van der Waals surface area contributed by atoms with Crippen LogP contribution in [0.1, 0.15) is 16.1 Å². The number of para-hydroxylation sites is 2. The molecule has 3 rings (SSSR count). The van der Waals surface area contributed by atoms with Gasteiger partial charge in [0.1, 0.15) is 0 Å². The van der Waals surface area contributed by atoms with Crippen LogP contribution in [-0.2, 0) is 11.0 Å². The number of carbonyl (C=O) groups is 2. The van der Waals surface area contributed by atoms with Crippen LogP contribution in [-0.4, -0.2) is 35.2 Å². The number of benzene rings is 2. The molecule has 0 atom stereocenters. The van der Waals surface area contributed by atoms with Crippen molar-refractivity contribution in [3.63, 3.8) is 0 Å². The monoisotopic (exact) mass is 452 g/mol. The van der Waals surface area contributed by atoms with Crippen LogP contribution in [0.4, 0.5) is 18.9 Å². The molecule has 31 heavy (non-hydrogen) atoms. The number of ether oxygens (including phenoxy) is 1. The second kappa shape index (κ2) is 9.09. The van der Waals surface area contributed by atoms with E-state index in [2.05, 4.69) is 15.7 Å². The molecule has 2 aromatic carbocycles. The van der Waals surface area contributed by atoms with Crippen molar-refractivity contribution in [3.05, 3.63) is 70.9 Å². The van der Waals surface area contributed by atoms with Gasteiger partial charge in [-0.1, -0.05) is 35.9 Å². The van der Waals surface area contributed by atoms with E-state index in [4.69, 9.17) is 16.3 Å². The average molecular weight is 453 g/mol. The van der Waals surface area contributed by atoms with Crippen molar-refractivity contribution in [2.75, 3.05) is 19.0 Å². The number of amides is 2. The Morgan fingerprint density at radius 3 is 2.48 bits per heavy atom. The Labute approximate surface area is 179 Å². The molecule has 0 spiro atoms. The van der Waals surface area contributed by atoms with Crippen molar-refractivity contribution in [3.8, 4) is 11.6 Å². The lowest BCUT2D eigenvalue weighted by Gasteiger charge is -2.12. The van der Waals surface area contributed by atoms with E-state index in [1.807, 2.05) is 0 Å². The van der Waals surface area contributed by atoms with Crippen LogP contribution in [0.5, 0.6) is 5.88 Å². The summed E-state index contributed by atoms with van der Waals surface area (Å²) in [7, 11) is 1.44. The van der Waals surface area contributed by atoms with E-state index in [-0.39, 0.29) is 27.8 Å². The number of aromatic nitrogens is 2. The third kappa shape index (κ3) is 5.15. The van der Waals surface area contributed by atoms with Gasteiger partial charge in [0.25, 0.3) is 11.8 Å². The van der Waals surface area contributed by atoms with E-state index in [0.717, 1.165) is 4.68 Å². The minimum atomic E-state index is -4.72. The summed E-state index contributed by atoms with van der Waals surface area (Å²) in [5.74, 6) is -1.42. The molecule has 1 aromatic heterocycles. The Balaban J connectivity index is 1.82. The number of carbonyl (C=O) groups excluding carboxylic acids is 2. The number of alkyl halides is 3. The highest BCUT2D eigenvalue weighted by atomic mass is 35.5. The molecule has 0 radical (unpaired) electrons. The molecule has 1 heterocycles. The zero-order chi connectivity index (χ0) is 22.6. The van der Waals surface area contributed by atoms with Gasteiger partial charge in [0.15, 0.2) is 12.3 Å². The number of hydrogen-bond donors (Lipinski definition) is 2. The highest BCUT2D eigenvalue weighted by molar-refractivity contribution is 6.32. The fourth-order valence-corrected chi connectivity index (χ4v) is 2.87. The van der Waals surface area contributed by atoms with Gasteiger partial charge < -0.3 is 15.4 Å². The summed E-state index contributed by atoms with van der Waals surface area (Å²) >= 11 is 6.07. The number of rotatable bonds is 6. The van der Waals surface area contributed by atoms with Crippen molar-refractivity contribution in [1.29, 1.82) is 0 Å². The smallest absolute Gasteiger partial charge is 0.435 e. The zero-order valence-electron chi connectivity index (χ0n) is 16.0. The lowest BCUT2D eigenvalue weighted by Crippen LogP contribution is -2.24. The molecule has 0 saturated carbocycles. The van der Waals surface area contributed by atoms with Gasteiger partial charge in [-0.3, -0.25) is 9.59 Å². The predicted octanol–water partition coefficient (Wildman–Crippen LogP) is 3.92. The number of hydrogen-bond acceptors (Lipinski definition) is 4. The first-order valence-electron chi connectivity index (χ1n) is 8.86. The average Bonchev–Trinajstić information content (AvgIpc) is 3.17. The van der Waals surface area contributed by atoms with Crippen molar-refractivity contribution in [2.45, 2.75) is 6.18 Å². The summed E-state index contributed by atoms with van der Waals surface area (Å²) in [6.45, 7) is -0.629. The molecule has 3 aromatic rings. The second-order valence-corrected chi connectivity index (χ2v) is 6.60. The van der Waals surface area contributed by atoms with E-state index >= 15 is 0 Å². The minimum Gasteiger partial charge on any atom is -0.467 e. The Bertz CT molecular complexity index is 1120. The van der Waals surface area contributed by atoms with Gasteiger partial charge in [0, 0.05) is 13.1 Å². The highest BCUT2D eigenvalue weighted by Crippen LogP contribution is 2.33. The molecule has 0 aliphatic carbocycles. The van der Waals surface area contributed by atoms with Crippen LogP contribution in [0.15, 0.2) is 54.6 Å². The fraction of sp³-hybridized carbons (Fsp3) is 0.150. The molecule has 0 saturated heterocycles. The van der Waals surface area contributed by atoms with Crippen LogP contribution in [0.25, 0.3) is 5.69 Å². The third-order valence-corrected chi connectivity index (χ3v) is 4.39. The van der Waals surface area contributed by atoms with E-state index in [9.17, 15) is 22.8 Å². The van der Waals surface area contributed by atoms with E-state index < -0.39 is 30.3 Å². The van der Waals surface area contributed by atoms with Gasteiger partial charge in [-0.05, 0) is 24.3 Å². The summed E-state index contributed by atoms with van der Waals surface area (Å²) in [6, 6.07) is 13.1. The van der Waals surface area contributed by atoms with Crippen molar-refractivity contribution in [1.82, 2.24) is 15.1 Å². The standard InChI is InChI=1S/C20H16ClF3N4O3/c1-25-19(30)12-6-2-4-8-14(12)26-17(29)11-31-18-10-16(20(22,23)24)27-28(18)15-9-5-3-7-13(15)21/h2-10H,11H2,1H3,(H,25,30)(H,26,29). The first kappa shape index (κ1) is 22.2. The third-order valence-electron chi connectivity index (χ3n) is 4.07. The molecular weight excluding hydrogens is 437 g/mol. The maximum atomic E-state index is 13.2. The van der Waals surface area contributed by atoms with E-state index in [0.29, 0.717) is 6.07 Å². The number of nitrogens with one attached hydrogen (secondary N) is 2. The molecule has 7 nitrogen and oxygen atoms in total. The molecule has 0 aliphatic rings. The Morgan fingerprint density at radius 2 is 1.81 bits per heavy atom. The molecule has 11 heteroatoms. The van der Waals surface area contributed by atoms with Crippen molar-refractivity contribution < 1.29 is 27.5 Å². The van der Waals surface area contributed by atoms with Crippen LogP contribution in [0.2, 0.25) is 5.02 Å². The maximum Gasteiger partial charge on any atom is 0.435 e. The topological polar surface area (TPSA) is 85.2 Å². The second-order valence-electron chi connectivity index (χ2n) is 6.19. The van der Waals surface area contributed by atoms with Crippen LogP contribution < -0.4 is 15.4 Å². The van der Waals surface area contributed by atoms with Gasteiger partial charge in [0.2, 0.25) is 5.88 Å². The molecule has 162 valence electrons. The Morgan fingerprint density at radius 1 is 1.13 bits per heavy atom. The maximum absolute atomic E-state index is 13.2. The predicted molar refractivity (Wildman–Crippen MR) is 108 cm³/mol. The quantitative estimate of drug-likeness (QED) is 0.593. The first-order chi connectivity index (χ1) is 14.7. The van der Waals surface area contributed by atoms with E-state index in [1.54, 1.807) is 24.3 Å². The number of anilines is 1. The SMILES string of the molecule is CNC(=O)c1ccccc1NC(=O)COc1cc(C(F)(F)F)nn1-c1ccccc1Cl. The Hall–Kier alpha value is -3.53. The van der Waals surface area contributed by atoms with Gasteiger partial charge >= 0.3 is 6.18 Å². The fourth-order valence-electron chi connectivity index (χ4n) is 2.65. The van der Waals surface area contributed by atoms with Crippen LogP contribution in [0.3, 0.4) is 0 Å². The van der Waals surface area contributed by atoms with Gasteiger partial charge in [-0.25, -0.2) is 0 Å². The molecule has 0 fully saturated rings. The van der Waals surface area contributed by atoms with Crippen LogP contribution in [0, 0.1) is 0 Å². The van der Waals surface area contributed by atoms with Crippen molar-refractivity contribution >= 4 is 29.1 Å². The molecule has 0 aliphatic heterocycles. The molecule has 2 N–H and O–H groups in total. The van der Waals surface area contributed by atoms with Gasteiger partial charge in [-0.2, -0.15) is 23.0 Å². The summed E-state index contributed by atoms with van der Waals surface area (Å²) < 4.78 is 45.7. The van der Waals surface area contributed by atoms with Crippen molar-refractivity contribution in [2.24, 2.45) is 0 Å². The van der Waals surface area contributed by atoms with Gasteiger partial charge in [-0.15, -0.1) is 0 Å². The minimum absolute atomic E-state index is 0.146. The first-order valence-corrected chi connectivity index (χ1v) is 9.24. The van der Waals surface area contributed by atoms with Crippen LogP contribution >= 0.6 is 11.6 Å². The highest BCUT2D eigenvalue weighted by Gasteiger charge is 2.36. The number of halogens is 4. The summed E-state index contributed by atoms with van der Waals surface area (Å²) in [6.07, 6.45) is -4.72. The molecular formula is C20H16ClF3N4O3. The lowest BCUT2D eigenvalue weighted by molar-refractivity contribution is -0.141. The normalized spacial score (nSPS) is 11.1. The van der Waals surface area contributed by atoms with Gasteiger partial charge in [0.05, 0.1) is 22.0 Å². The largest absolute Gasteiger partial charge is 0.467 e. The molecule has 0 bridgehead atoms. The zero-order valence-corrected chi connectivity index (χ0v) is 16.8. The molecule has 0 unspecified atom stereocenters. The molecule has 2 amide bonds. The van der Waals surface area contributed by atoms with E-state index in [1.165, 1.54) is 31.3 Å². The summed E-state index contributed by atoms with van der Waals surface area (Å²) in [4.78, 5) is 24.2. The lowest BCUT2D eigenvalue weighted by atomic mass is 10.1. The summed E-state index contributed by atoms with van der Waals surface area (Å²) in [5.41, 5.74) is -0.599. The Kier molecular flexibility index (Phi) is 6.50. The summed E-state index contributed by atoms with van der Waals surface area (Å²) in [5, 5.41) is 8.62.